The number of hydrogen-bond acceptors (Lipinski definition) is 11. The van der Waals surface area contributed by atoms with Crippen molar-refractivity contribution in [1.29, 1.82) is 0 Å². The molecule has 2 fully saturated rings. The summed E-state index contributed by atoms with van der Waals surface area (Å²) >= 11 is 0. The van der Waals surface area contributed by atoms with Crippen molar-refractivity contribution in [1.82, 2.24) is 29.8 Å². The first kappa shape index (κ1) is 31.7. The van der Waals surface area contributed by atoms with E-state index in [-0.39, 0.29) is 22.8 Å². The molecule has 3 N–H and O–H groups in total. The van der Waals surface area contributed by atoms with E-state index in [1.165, 1.54) is 10.1 Å². The third-order valence-corrected chi connectivity index (χ3v) is 10.8. The van der Waals surface area contributed by atoms with E-state index < -0.39 is 15.1 Å². The van der Waals surface area contributed by atoms with Crippen LogP contribution >= 0.6 is 0 Å². The SMILES string of the molecule is COc1cc(C2CCN(C(=O)[C@H]3COCCN3)CC2)c(C)cc1Nc1nc(Nc2ccccc2S(=O)(=O)C(C)C)n2nccc2n1. The molecule has 13 nitrogen and oxygen atoms in total. The van der Waals surface area contributed by atoms with Crippen molar-refractivity contribution >= 4 is 44.7 Å². The van der Waals surface area contributed by atoms with E-state index in [1.807, 2.05) is 11.0 Å². The number of aryl methyl sites for hydroxylation is 1. The summed E-state index contributed by atoms with van der Waals surface area (Å²) in [6, 6.07) is 12.3. The molecule has 2 aromatic heterocycles. The molecule has 0 aliphatic carbocycles. The molecular formula is C32H40N8O5S. The monoisotopic (exact) mass is 648 g/mol. The number of carbonyl (C=O) groups excluding carboxylic acids is 1. The number of methoxy groups -OCH3 is 1. The number of likely N-dealkylation sites (tertiary alicyclic amines) is 1. The highest BCUT2D eigenvalue weighted by Crippen LogP contribution is 2.38. The summed E-state index contributed by atoms with van der Waals surface area (Å²) in [6.07, 6.45) is 3.33. The number of hydrogen-bond donors (Lipinski definition) is 3. The third-order valence-electron chi connectivity index (χ3n) is 8.62. The van der Waals surface area contributed by atoms with Gasteiger partial charge in [-0.1, -0.05) is 12.1 Å². The van der Waals surface area contributed by atoms with Gasteiger partial charge >= 0.3 is 0 Å². The summed E-state index contributed by atoms with van der Waals surface area (Å²) in [6.45, 7) is 8.52. The van der Waals surface area contributed by atoms with E-state index in [0.717, 1.165) is 18.4 Å². The van der Waals surface area contributed by atoms with Crippen LogP contribution in [0.5, 0.6) is 5.75 Å². The van der Waals surface area contributed by atoms with E-state index in [9.17, 15) is 13.2 Å². The number of morpholine rings is 1. The van der Waals surface area contributed by atoms with Gasteiger partial charge in [-0.2, -0.15) is 19.6 Å². The molecular weight excluding hydrogens is 608 g/mol. The number of para-hydroxylation sites is 1. The van der Waals surface area contributed by atoms with Crippen molar-refractivity contribution in [2.45, 2.75) is 55.7 Å². The number of carbonyl (C=O) groups is 1. The Kier molecular flexibility index (Phi) is 9.11. The zero-order chi connectivity index (χ0) is 32.4. The standard InChI is InChI=1S/C32H40N8O5S/c1-20(2)46(42,43)28-8-6-5-7-24(28)36-32-38-31(37-29-9-12-34-40(29)32)35-25-17-21(3)23(18-27(25)44-4)22-10-14-39(15-11-22)30(41)26-19-45-16-13-33-26/h5-9,12,17-18,20,22,26,33H,10-11,13-16,19H2,1-4H3,(H2,35,36,37,38)/t26-/m1/s1. The molecule has 0 saturated carbocycles. The van der Waals surface area contributed by atoms with Gasteiger partial charge in [-0.25, -0.2) is 8.42 Å². The highest BCUT2D eigenvalue weighted by atomic mass is 32.2. The van der Waals surface area contributed by atoms with Gasteiger partial charge in [0, 0.05) is 25.7 Å². The molecule has 244 valence electrons. The normalized spacial score (nSPS) is 17.8. The maximum atomic E-state index is 13.1. The van der Waals surface area contributed by atoms with Gasteiger partial charge in [0.25, 0.3) is 0 Å². The molecule has 2 aliphatic rings. The minimum absolute atomic E-state index is 0.112. The van der Waals surface area contributed by atoms with Crippen molar-refractivity contribution in [3.63, 3.8) is 0 Å². The van der Waals surface area contributed by atoms with Gasteiger partial charge in [-0.05, 0) is 74.9 Å². The number of ether oxygens (including phenoxy) is 2. The number of amides is 1. The molecule has 0 bridgehead atoms. The number of anilines is 4. The van der Waals surface area contributed by atoms with Crippen molar-refractivity contribution in [2.24, 2.45) is 0 Å². The second kappa shape index (κ2) is 13.2. The summed E-state index contributed by atoms with van der Waals surface area (Å²) in [4.78, 5) is 24.4. The predicted octanol–water partition coefficient (Wildman–Crippen LogP) is 3.81. The molecule has 2 aliphatic heterocycles. The highest BCUT2D eigenvalue weighted by Gasteiger charge is 2.31. The Hall–Kier alpha value is -4.27. The van der Waals surface area contributed by atoms with Crippen LogP contribution in [-0.4, -0.2) is 90.1 Å². The number of sulfone groups is 1. The Balaban J connectivity index is 1.23. The van der Waals surface area contributed by atoms with Crippen LogP contribution in [0, 0.1) is 6.92 Å². The minimum Gasteiger partial charge on any atom is -0.495 e. The molecule has 6 rings (SSSR count). The van der Waals surface area contributed by atoms with Gasteiger partial charge < -0.3 is 30.3 Å². The molecule has 1 amide bonds. The number of fused-ring (bicyclic) bond motifs is 1. The fourth-order valence-corrected chi connectivity index (χ4v) is 7.24. The first-order valence-electron chi connectivity index (χ1n) is 15.5. The van der Waals surface area contributed by atoms with Gasteiger partial charge in [0.1, 0.15) is 11.8 Å². The molecule has 4 heterocycles. The predicted molar refractivity (Wildman–Crippen MR) is 175 cm³/mol. The average Bonchev–Trinajstić information content (AvgIpc) is 3.54. The van der Waals surface area contributed by atoms with E-state index in [1.54, 1.807) is 57.5 Å². The molecule has 4 aromatic rings. The van der Waals surface area contributed by atoms with Gasteiger partial charge in [0.15, 0.2) is 15.5 Å². The maximum Gasteiger partial charge on any atom is 0.242 e. The Morgan fingerprint density at radius 1 is 1.09 bits per heavy atom. The second-order valence-electron chi connectivity index (χ2n) is 11.9. The van der Waals surface area contributed by atoms with Crippen LogP contribution in [0.15, 0.2) is 53.6 Å². The van der Waals surface area contributed by atoms with Crippen LogP contribution in [0.25, 0.3) is 5.65 Å². The van der Waals surface area contributed by atoms with E-state index in [2.05, 4.69) is 44.0 Å². The van der Waals surface area contributed by atoms with Gasteiger partial charge in [0.05, 0.1) is 48.0 Å². The van der Waals surface area contributed by atoms with Crippen LogP contribution in [0.3, 0.4) is 0 Å². The van der Waals surface area contributed by atoms with Crippen molar-refractivity contribution in [3.05, 3.63) is 59.8 Å². The fourth-order valence-electron chi connectivity index (χ4n) is 6.04. The first-order chi connectivity index (χ1) is 22.2. The van der Waals surface area contributed by atoms with Crippen LogP contribution < -0.4 is 20.7 Å². The van der Waals surface area contributed by atoms with E-state index >= 15 is 0 Å². The number of nitrogens with zero attached hydrogens (tertiary/aromatic N) is 5. The van der Waals surface area contributed by atoms with Crippen molar-refractivity contribution < 1.29 is 22.7 Å². The van der Waals surface area contributed by atoms with Crippen LogP contribution in [0.1, 0.15) is 43.7 Å². The lowest BCUT2D eigenvalue weighted by molar-refractivity contribution is -0.137. The van der Waals surface area contributed by atoms with Crippen LogP contribution in [0.4, 0.5) is 23.3 Å². The molecule has 2 aromatic carbocycles. The summed E-state index contributed by atoms with van der Waals surface area (Å²) in [5.74, 6) is 1.63. The lowest BCUT2D eigenvalue weighted by Gasteiger charge is -2.36. The quantitative estimate of drug-likeness (QED) is 0.243. The Morgan fingerprint density at radius 2 is 1.87 bits per heavy atom. The lowest BCUT2D eigenvalue weighted by atomic mass is 9.86. The Morgan fingerprint density at radius 3 is 2.59 bits per heavy atom. The van der Waals surface area contributed by atoms with Gasteiger partial charge in [0.2, 0.25) is 17.8 Å². The number of aromatic nitrogens is 4. The number of benzene rings is 2. The lowest BCUT2D eigenvalue weighted by Crippen LogP contribution is -2.53. The second-order valence-corrected chi connectivity index (χ2v) is 14.4. The molecule has 0 unspecified atom stereocenters. The fraction of sp³-hybridized carbons (Fsp3) is 0.438. The van der Waals surface area contributed by atoms with Gasteiger partial charge in [-0.3, -0.25) is 4.79 Å². The summed E-state index contributed by atoms with van der Waals surface area (Å²) in [5.41, 5.74) is 3.88. The Labute approximate surface area is 268 Å². The number of rotatable bonds is 9. The molecule has 14 heteroatoms. The molecule has 1 atom stereocenters. The molecule has 0 radical (unpaired) electrons. The summed E-state index contributed by atoms with van der Waals surface area (Å²) in [5, 5.41) is 13.5. The zero-order valence-electron chi connectivity index (χ0n) is 26.5. The number of nitrogens with one attached hydrogen (secondary N) is 3. The molecule has 46 heavy (non-hydrogen) atoms. The topological polar surface area (TPSA) is 152 Å². The Bertz CT molecular complexity index is 1830. The largest absolute Gasteiger partial charge is 0.495 e. The zero-order valence-corrected chi connectivity index (χ0v) is 27.3. The smallest absolute Gasteiger partial charge is 0.242 e. The molecule has 2 saturated heterocycles. The third kappa shape index (κ3) is 6.37. The van der Waals surface area contributed by atoms with Crippen LogP contribution in [0.2, 0.25) is 0 Å². The van der Waals surface area contributed by atoms with E-state index in [4.69, 9.17) is 9.47 Å². The summed E-state index contributed by atoms with van der Waals surface area (Å²) in [7, 11) is -1.94. The van der Waals surface area contributed by atoms with Gasteiger partial charge in [-0.15, -0.1) is 0 Å². The highest BCUT2D eigenvalue weighted by molar-refractivity contribution is 7.92. The molecule has 0 spiro atoms. The minimum atomic E-state index is -3.56. The van der Waals surface area contributed by atoms with Crippen LogP contribution in [-0.2, 0) is 19.4 Å². The van der Waals surface area contributed by atoms with Crippen molar-refractivity contribution in [3.8, 4) is 5.75 Å². The van der Waals surface area contributed by atoms with Crippen molar-refractivity contribution in [2.75, 3.05) is 50.6 Å². The first-order valence-corrected chi connectivity index (χ1v) is 17.1. The maximum absolute atomic E-state index is 13.1. The summed E-state index contributed by atoms with van der Waals surface area (Å²) < 4.78 is 39.0. The van der Waals surface area contributed by atoms with E-state index in [0.29, 0.717) is 67.5 Å². The number of piperidine rings is 1. The average molecular weight is 649 g/mol.